The van der Waals surface area contributed by atoms with Gasteiger partial charge in [0.15, 0.2) is 0 Å². The van der Waals surface area contributed by atoms with Gasteiger partial charge in [-0.2, -0.15) is 0 Å². The molecule has 1 unspecified atom stereocenters. The van der Waals surface area contributed by atoms with Crippen molar-refractivity contribution >= 4 is 39.7 Å². The van der Waals surface area contributed by atoms with Gasteiger partial charge in [0.1, 0.15) is 22.7 Å². The summed E-state index contributed by atoms with van der Waals surface area (Å²) in [6.45, 7) is 0.417. The first kappa shape index (κ1) is 26.5. The maximum atomic E-state index is 12.7. The van der Waals surface area contributed by atoms with E-state index in [9.17, 15) is 19.5 Å². The molecule has 3 amide bonds. The topological polar surface area (TPSA) is 170 Å². The zero-order valence-electron chi connectivity index (χ0n) is 20.7. The molecule has 1 aromatic heterocycles. The highest BCUT2D eigenvalue weighted by molar-refractivity contribution is 6.09. The average molecular weight is 519 g/mol. The zero-order chi connectivity index (χ0) is 27.1. The summed E-state index contributed by atoms with van der Waals surface area (Å²) in [5, 5.41) is 16.4. The Morgan fingerprint density at radius 2 is 1.71 bits per heavy atom. The number of rotatable bonds is 12. The third kappa shape index (κ3) is 6.60. The fourth-order valence-corrected chi connectivity index (χ4v) is 4.04. The fraction of sp³-hybridized carbons (Fsp3) is 0.250. The molecule has 4 rings (SSSR count). The van der Waals surface area contributed by atoms with Crippen molar-refractivity contribution in [3.05, 3.63) is 71.8 Å². The Labute approximate surface area is 218 Å². The quantitative estimate of drug-likeness (QED) is 0.179. The molecule has 0 aliphatic heterocycles. The minimum atomic E-state index is -0.700. The highest BCUT2D eigenvalue weighted by Crippen LogP contribution is 2.34. The first-order chi connectivity index (χ1) is 18.3. The number of primary amides is 1. The highest BCUT2D eigenvalue weighted by Gasteiger charge is 2.18. The number of para-hydroxylation sites is 1. The molecule has 198 valence electrons. The van der Waals surface area contributed by atoms with Gasteiger partial charge in [0.05, 0.1) is 24.8 Å². The van der Waals surface area contributed by atoms with Crippen LogP contribution in [-0.4, -0.2) is 48.6 Å². The number of amides is 3. The Bertz CT molecular complexity index is 1450. The molecule has 0 fully saturated rings. The van der Waals surface area contributed by atoms with Gasteiger partial charge in [0, 0.05) is 17.3 Å². The Hall–Kier alpha value is -4.57. The number of hydrogen-bond donors (Lipinski definition) is 5. The molecule has 10 heteroatoms. The summed E-state index contributed by atoms with van der Waals surface area (Å²) in [6.07, 6.45) is 1.61. The van der Waals surface area contributed by atoms with Crippen LogP contribution in [0.1, 0.15) is 28.8 Å². The lowest BCUT2D eigenvalue weighted by atomic mass is 10.1. The first-order valence-corrected chi connectivity index (χ1v) is 12.3. The second-order valence-corrected chi connectivity index (χ2v) is 8.92. The fourth-order valence-electron chi connectivity index (χ4n) is 4.04. The van der Waals surface area contributed by atoms with Crippen LogP contribution in [-0.2, 0) is 16.0 Å². The molecule has 0 saturated heterocycles. The second-order valence-electron chi connectivity index (χ2n) is 8.92. The van der Waals surface area contributed by atoms with E-state index in [1.54, 1.807) is 36.4 Å². The molecule has 38 heavy (non-hydrogen) atoms. The van der Waals surface area contributed by atoms with Crippen molar-refractivity contribution in [2.75, 3.05) is 19.7 Å². The summed E-state index contributed by atoms with van der Waals surface area (Å²) in [4.78, 5) is 36.2. The van der Waals surface area contributed by atoms with E-state index in [1.165, 1.54) is 0 Å². The molecule has 0 radical (unpaired) electrons. The summed E-state index contributed by atoms with van der Waals surface area (Å²) >= 11 is 0. The standard InChI is InChI=1S/C28H30N4O6/c29-22(13-17-7-9-18(33)10-8-17)28(36)31-11-3-4-12-37-24-14-20-19-5-1-2-6-23(19)38-25(20)15-21(24)27(35)32-16-26(30)34/h1-2,5-10,14-15,22,33H,3-4,11-13,16,29H2,(H2,30,34)(H,31,36)(H,32,35). The number of fused-ring (bicyclic) bond motifs is 3. The maximum Gasteiger partial charge on any atom is 0.255 e. The van der Waals surface area contributed by atoms with Crippen LogP contribution in [0.25, 0.3) is 21.9 Å². The summed E-state index contributed by atoms with van der Waals surface area (Å²) in [6, 6.07) is 16.7. The van der Waals surface area contributed by atoms with Crippen LogP contribution in [0.5, 0.6) is 11.5 Å². The lowest BCUT2D eigenvalue weighted by Crippen LogP contribution is -2.42. The van der Waals surface area contributed by atoms with Gasteiger partial charge in [0.2, 0.25) is 11.8 Å². The monoisotopic (exact) mass is 518 g/mol. The SMILES string of the molecule is NC(=O)CNC(=O)c1cc2oc3ccccc3c2cc1OCCCCNC(=O)C(N)Cc1ccc(O)cc1. The molecule has 0 saturated carbocycles. The number of benzene rings is 3. The Morgan fingerprint density at radius 1 is 0.947 bits per heavy atom. The third-order valence-electron chi connectivity index (χ3n) is 6.00. The van der Waals surface area contributed by atoms with Crippen LogP contribution < -0.4 is 26.8 Å². The minimum Gasteiger partial charge on any atom is -0.508 e. The van der Waals surface area contributed by atoms with Gasteiger partial charge in [-0.1, -0.05) is 30.3 Å². The Morgan fingerprint density at radius 3 is 2.47 bits per heavy atom. The molecule has 1 atom stereocenters. The number of phenolic OH excluding ortho intramolecular Hbond substituents is 1. The smallest absolute Gasteiger partial charge is 0.255 e. The lowest BCUT2D eigenvalue weighted by Gasteiger charge is -2.13. The highest BCUT2D eigenvalue weighted by atomic mass is 16.5. The number of carbonyl (C=O) groups is 3. The van der Waals surface area contributed by atoms with Crippen LogP contribution in [0.4, 0.5) is 0 Å². The molecule has 0 spiro atoms. The average Bonchev–Trinajstić information content (AvgIpc) is 3.27. The van der Waals surface area contributed by atoms with Crippen LogP contribution >= 0.6 is 0 Å². The summed E-state index contributed by atoms with van der Waals surface area (Å²) in [5.74, 6) is -0.910. The number of hydrogen-bond acceptors (Lipinski definition) is 7. The van der Waals surface area contributed by atoms with Crippen molar-refractivity contribution in [1.29, 1.82) is 0 Å². The number of carbonyl (C=O) groups excluding carboxylic acids is 3. The van der Waals surface area contributed by atoms with Gasteiger partial charge in [-0.15, -0.1) is 0 Å². The summed E-state index contributed by atoms with van der Waals surface area (Å²) in [5.41, 5.74) is 13.4. The lowest BCUT2D eigenvalue weighted by molar-refractivity contribution is -0.122. The number of phenols is 1. The van der Waals surface area contributed by atoms with E-state index in [1.807, 2.05) is 24.3 Å². The molecule has 0 aliphatic rings. The van der Waals surface area contributed by atoms with Crippen LogP contribution in [0, 0.1) is 0 Å². The molecule has 3 aromatic carbocycles. The summed E-state index contributed by atoms with van der Waals surface area (Å²) < 4.78 is 11.8. The molecule has 0 bridgehead atoms. The molecule has 10 nitrogen and oxygen atoms in total. The van der Waals surface area contributed by atoms with Crippen LogP contribution in [0.15, 0.2) is 65.1 Å². The summed E-state index contributed by atoms with van der Waals surface area (Å²) in [7, 11) is 0. The van der Waals surface area contributed by atoms with Crippen molar-refractivity contribution in [3.63, 3.8) is 0 Å². The number of furan rings is 1. The zero-order valence-corrected chi connectivity index (χ0v) is 20.7. The molecule has 7 N–H and O–H groups in total. The molecule has 0 aliphatic carbocycles. The number of unbranched alkanes of at least 4 members (excludes halogenated alkanes) is 1. The number of aromatic hydroxyl groups is 1. The molecule has 4 aromatic rings. The van der Waals surface area contributed by atoms with E-state index in [0.717, 1.165) is 16.3 Å². The van der Waals surface area contributed by atoms with E-state index in [0.29, 0.717) is 49.3 Å². The van der Waals surface area contributed by atoms with E-state index in [2.05, 4.69) is 10.6 Å². The predicted molar refractivity (Wildman–Crippen MR) is 143 cm³/mol. The number of nitrogens with two attached hydrogens (primary N) is 2. The minimum absolute atomic E-state index is 0.158. The van der Waals surface area contributed by atoms with Gasteiger partial charge in [-0.05, 0) is 55.2 Å². The largest absolute Gasteiger partial charge is 0.508 e. The van der Waals surface area contributed by atoms with Crippen molar-refractivity contribution in [2.24, 2.45) is 11.5 Å². The van der Waals surface area contributed by atoms with E-state index < -0.39 is 17.9 Å². The van der Waals surface area contributed by atoms with Crippen molar-refractivity contribution < 1.29 is 28.6 Å². The van der Waals surface area contributed by atoms with E-state index >= 15 is 0 Å². The van der Waals surface area contributed by atoms with Gasteiger partial charge >= 0.3 is 0 Å². The predicted octanol–water partition coefficient (Wildman–Crippen LogP) is 2.35. The maximum absolute atomic E-state index is 12.7. The van der Waals surface area contributed by atoms with Gasteiger partial charge < -0.3 is 36.4 Å². The number of ether oxygens (including phenoxy) is 1. The van der Waals surface area contributed by atoms with E-state index in [4.69, 9.17) is 20.6 Å². The van der Waals surface area contributed by atoms with Crippen molar-refractivity contribution in [1.82, 2.24) is 10.6 Å². The van der Waals surface area contributed by atoms with Crippen LogP contribution in [0.3, 0.4) is 0 Å². The molecular formula is C28H30N4O6. The Balaban J connectivity index is 1.33. The van der Waals surface area contributed by atoms with Crippen molar-refractivity contribution in [3.8, 4) is 11.5 Å². The Kier molecular flexibility index (Phi) is 8.44. The molecular weight excluding hydrogens is 488 g/mol. The molecule has 1 heterocycles. The van der Waals surface area contributed by atoms with Gasteiger partial charge in [-0.3, -0.25) is 14.4 Å². The van der Waals surface area contributed by atoms with E-state index in [-0.39, 0.29) is 23.8 Å². The first-order valence-electron chi connectivity index (χ1n) is 12.3. The van der Waals surface area contributed by atoms with Crippen LogP contribution in [0.2, 0.25) is 0 Å². The second kappa shape index (κ2) is 12.1. The third-order valence-corrected chi connectivity index (χ3v) is 6.00. The normalized spacial score (nSPS) is 11.8. The van der Waals surface area contributed by atoms with Crippen molar-refractivity contribution in [2.45, 2.75) is 25.3 Å². The van der Waals surface area contributed by atoms with Gasteiger partial charge in [0.25, 0.3) is 5.91 Å². The number of nitrogens with one attached hydrogen (secondary N) is 2. The van der Waals surface area contributed by atoms with Gasteiger partial charge in [-0.25, -0.2) is 0 Å².